The van der Waals surface area contributed by atoms with Crippen molar-refractivity contribution in [2.45, 2.75) is 18.8 Å². The van der Waals surface area contributed by atoms with Crippen LogP contribution in [0.1, 0.15) is 18.9 Å². The highest BCUT2D eigenvalue weighted by molar-refractivity contribution is 5.86. The summed E-state index contributed by atoms with van der Waals surface area (Å²) in [5.41, 5.74) is 7.59. The number of fused-ring (bicyclic) bond motifs is 1. The minimum atomic E-state index is 0.0131. The number of hydrogen-bond donors (Lipinski definition) is 1. The van der Waals surface area contributed by atoms with Crippen LogP contribution in [0.2, 0.25) is 0 Å². The minimum Gasteiger partial charge on any atom is -0.379 e. The van der Waals surface area contributed by atoms with Gasteiger partial charge in [0.15, 0.2) is 0 Å². The lowest BCUT2D eigenvalue weighted by Gasteiger charge is -2.34. The molecule has 0 unspecified atom stereocenters. The fraction of sp³-hybridized carbons (Fsp3) is 0.474. The maximum Gasteiger partial charge on any atom is 0.0594 e. The Balaban J connectivity index is 1.84. The normalized spacial score (nSPS) is 19.2. The Hall–Kier alpha value is -1.42. The van der Waals surface area contributed by atoms with Crippen LogP contribution in [0.5, 0.6) is 0 Å². The Morgan fingerprint density at radius 2 is 1.82 bits per heavy atom. The molecule has 1 aliphatic heterocycles. The van der Waals surface area contributed by atoms with E-state index in [1.165, 1.54) is 16.3 Å². The third-order valence-corrected chi connectivity index (χ3v) is 4.97. The molecule has 0 bridgehead atoms. The van der Waals surface area contributed by atoms with E-state index in [2.05, 4.69) is 54.3 Å². The molecule has 1 heterocycles. The number of nitrogens with zero attached hydrogens (tertiary/aromatic N) is 1. The molecule has 1 atom stereocenters. The van der Waals surface area contributed by atoms with Gasteiger partial charge < -0.3 is 10.5 Å². The molecular formula is C19H26N2O. The Kier molecular flexibility index (Phi) is 4.77. The predicted octanol–water partition coefficient (Wildman–Crippen LogP) is 2.78. The van der Waals surface area contributed by atoms with Crippen molar-refractivity contribution < 1.29 is 4.74 Å². The Morgan fingerprint density at radius 3 is 2.59 bits per heavy atom. The summed E-state index contributed by atoms with van der Waals surface area (Å²) in [5, 5.41) is 2.63. The van der Waals surface area contributed by atoms with E-state index in [0.717, 1.165) is 39.3 Å². The summed E-state index contributed by atoms with van der Waals surface area (Å²) in [4.78, 5) is 2.49. The first kappa shape index (κ1) is 15.5. The van der Waals surface area contributed by atoms with Crippen molar-refractivity contribution in [2.24, 2.45) is 5.73 Å². The largest absolute Gasteiger partial charge is 0.379 e. The third kappa shape index (κ3) is 3.17. The monoisotopic (exact) mass is 298 g/mol. The van der Waals surface area contributed by atoms with E-state index in [9.17, 15) is 0 Å². The van der Waals surface area contributed by atoms with E-state index in [4.69, 9.17) is 10.5 Å². The molecule has 2 aromatic carbocycles. The van der Waals surface area contributed by atoms with Gasteiger partial charge in [0.2, 0.25) is 0 Å². The number of ether oxygens (including phenoxy) is 1. The standard InChI is InChI=1S/C19H26N2O/c1-19(15-20,9-10-21-11-13-22-14-12-21)18-8-4-6-16-5-2-3-7-17(16)18/h2-8H,9-15,20H2,1H3/t19-/m0/s1. The van der Waals surface area contributed by atoms with E-state index in [1.807, 2.05) is 0 Å². The van der Waals surface area contributed by atoms with Crippen molar-refractivity contribution in [3.05, 3.63) is 48.0 Å². The average molecular weight is 298 g/mol. The Morgan fingerprint density at radius 1 is 1.09 bits per heavy atom. The summed E-state index contributed by atoms with van der Waals surface area (Å²) < 4.78 is 5.43. The van der Waals surface area contributed by atoms with Crippen LogP contribution in [0.4, 0.5) is 0 Å². The van der Waals surface area contributed by atoms with Gasteiger partial charge in [-0.15, -0.1) is 0 Å². The number of benzene rings is 2. The van der Waals surface area contributed by atoms with Crippen LogP contribution in [-0.2, 0) is 10.2 Å². The molecule has 0 radical (unpaired) electrons. The van der Waals surface area contributed by atoms with Crippen molar-refractivity contribution in [3.63, 3.8) is 0 Å². The van der Waals surface area contributed by atoms with Gasteiger partial charge in [-0.1, -0.05) is 49.4 Å². The molecule has 1 fully saturated rings. The second-order valence-corrected chi connectivity index (χ2v) is 6.50. The summed E-state index contributed by atoms with van der Waals surface area (Å²) in [7, 11) is 0. The number of rotatable bonds is 5. The van der Waals surface area contributed by atoms with E-state index in [-0.39, 0.29) is 5.41 Å². The first-order chi connectivity index (χ1) is 10.7. The number of morpholine rings is 1. The smallest absolute Gasteiger partial charge is 0.0594 e. The van der Waals surface area contributed by atoms with Gasteiger partial charge in [-0.2, -0.15) is 0 Å². The summed E-state index contributed by atoms with van der Waals surface area (Å²) in [6.45, 7) is 7.84. The maximum atomic E-state index is 6.20. The number of nitrogens with two attached hydrogens (primary N) is 1. The van der Waals surface area contributed by atoms with Gasteiger partial charge >= 0.3 is 0 Å². The van der Waals surface area contributed by atoms with E-state index in [0.29, 0.717) is 6.54 Å². The molecule has 3 nitrogen and oxygen atoms in total. The molecule has 22 heavy (non-hydrogen) atoms. The summed E-state index contributed by atoms with van der Waals surface area (Å²) in [5.74, 6) is 0. The molecule has 1 aliphatic rings. The van der Waals surface area contributed by atoms with E-state index >= 15 is 0 Å². The zero-order valence-corrected chi connectivity index (χ0v) is 13.4. The molecule has 0 amide bonds. The van der Waals surface area contributed by atoms with Crippen LogP contribution in [0.15, 0.2) is 42.5 Å². The van der Waals surface area contributed by atoms with Gasteiger partial charge in [0.05, 0.1) is 13.2 Å². The van der Waals surface area contributed by atoms with Gasteiger partial charge in [-0.25, -0.2) is 0 Å². The van der Waals surface area contributed by atoms with Crippen molar-refractivity contribution in [2.75, 3.05) is 39.4 Å². The highest BCUT2D eigenvalue weighted by Crippen LogP contribution is 2.32. The Bertz CT molecular complexity index is 616. The minimum absolute atomic E-state index is 0.0131. The van der Waals surface area contributed by atoms with Crippen LogP contribution in [0, 0.1) is 0 Å². The molecular weight excluding hydrogens is 272 g/mol. The fourth-order valence-electron chi connectivity index (χ4n) is 3.33. The molecule has 0 aromatic heterocycles. The summed E-state index contributed by atoms with van der Waals surface area (Å²) >= 11 is 0. The van der Waals surface area contributed by atoms with Gasteiger partial charge in [0, 0.05) is 25.0 Å². The molecule has 0 saturated carbocycles. The highest BCUT2D eigenvalue weighted by Gasteiger charge is 2.27. The predicted molar refractivity (Wildman–Crippen MR) is 92.2 cm³/mol. The first-order valence-electron chi connectivity index (χ1n) is 8.21. The molecule has 1 saturated heterocycles. The van der Waals surface area contributed by atoms with Gasteiger partial charge in [-0.3, -0.25) is 4.90 Å². The summed E-state index contributed by atoms with van der Waals surface area (Å²) in [6.07, 6.45) is 1.08. The SMILES string of the molecule is C[C@@](CN)(CCN1CCOCC1)c1cccc2ccccc12. The van der Waals surface area contributed by atoms with Crippen molar-refractivity contribution in [1.29, 1.82) is 0 Å². The lowest BCUT2D eigenvalue weighted by atomic mass is 9.77. The van der Waals surface area contributed by atoms with Crippen LogP contribution in [0.3, 0.4) is 0 Å². The Labute approximate surface area is 133 Å². The average Bonchev–Trinajstić information content (AvgIpc) is 2.60. The number of hydrogen-bond acceptors (Lipinski definition) is 3. The molecule has 3 rings (SSSR count). The molecule has 2 aromatic rings. The van der Waals surface area contributed by atoms with E-state index in [1.54, 1.807) is 0 Å². The zero-order valence-electron chi connectivity index (χ0n) is 13.4. The van der Waals surface area contributed by atoms with Gasteiger partial charge in [-0.05, 0) is 29.3 Å². The molecule has 3 heteroatoms. The van der Waals surface area contributed by atoms with Gasteiger partial charge in [0.25, 0.3) is 0 Å². The molecule has 118 valence electrons. The van der Waals surface area contributed by atoms with E-state index < -0.39 is 0 Å². The van der Waals surface area contributed by atoms with Crippen molar-refractivity contribution in [1.82, 2.24) is 4.90 Å². The second-order valence-electron chi connectivity index (χ2n) is 6.50. The maximum absolute atomic E-state index is 6.20. The molecule has 2 N–H and O–H groups in total. The molecule has 0 spiro atoms. The fourth-order valence-corrected chi connectivity index (χ4v) is 3.33. The zero-order chi connectivity index (χ0) is 15.4. The molecule has 0 aliphatic carbocycles. The van der Waals surface area contributed by atoms with Crippen LogP contribution in [0.25, 0.3) is 10.8 Å². The van der Waals surface area contributed by atoms with Crippen molar-refractivity contribution >= 4 is 10.8 Å². The quantitative estimate of drug-likeness (QED) is 0.922. The summed E-state index contributed by atoms with van der Waals surface area (Å²) in [6, 6.07) is 15.2. The van der Waals surface area contributed by atoms with Crippen LogP contribution >= 0.6 is 0 Å². The topological polar surface area (TPSA) is 38.5 Å². The van der Waals surface area contributed by atoms with Crippen molar-refractivity contribution in [3.8, 4) is 0 Å². The van der Waals surface area contributed by atoms with Gasteiger partial charge in [0.1, 0.15) is 0 Å². The van der Waals surface area contributed by atoms with Crippen LogP contribution in [-0.4, -0.2) is 44.3 Å². The first-order valence-corrected chi connectivity index (χ1v) is 8.21. The second kappa shape index (κ2) is 6.78. The lowest BCUT2D eigenvalue weighted by Crippen LogP contribution is -2.41. The third-order valence-electron chi connectivity index (χ3n) is 4.97. The van der Waals surface area contributed by atoms with Crippen LogP contribution < -0.4 is 5.73 Å². The lowest BCUT2D eigenvalue weighted by molar-refractivity contribution is 0.0349. The highest BCUT2D eigenvalue weighted by atomic mass is 16.5.